The Morgan fingerprint density at radius 2 is 1.72 bits per heavy atom. The van der Waals surface area contributed by atoms with Gasteiger partial charge in [0, 0.05) is 0 Å². The molecule has 6 nitrogen and oxygen atoms in total. The number of benzene rings is 2. The van der Waals surface area contributed by atoms with Gasteiger partial charge in [0.05, 0.1) is 23.3 Å². The summed E-state index contributed by atoms with van der Waals surface area (Å²) in [6, 6.07) is 12.3. The predicted octanol–water partition coefficient (Wildman–Crippen LogP) is 3.42. The van der Waals surface area contributed by atoms with E-state index in [9.17, 15) is 19.5 Å². The Labute approximate surface area is 147 Å². The first-order valence-corrected chi connectivity index (χ1v) is 8.06. The first kappa shape index (κ1) is 16.8. The number of nitrogens with zero attached hydrogens (tertiary/aromatic N) is 1. The smallest absolute Gasteiger partial charge is 0.337 e. The van der Waals surface area contributed by atoms with Gasteiger partial charge in [0.1, 0.15) is 5.75 Å². The maximum Gasteiger partial charge on any atom is 0.337 e. The van der Waals surface area contributed by atoms with Crippen LogP contribution in [0.4, 0.5) is 10.5 Å². The van der Waals surface area contributed by atoms with E-state index in [1.54, 1.807) is 30.3 Å². The zero-order valence-corrected chi connectivity index (χ0v) is 13.9. The van der Waals surface area contributed by atoms with Crippen molar-refractivity contribution >= 4 is 40.6 Å². The Bertz CT molecular complexity index is 871. The molecule has 3 rings (SSSR count). The van der Waals surface area contributed by atoms with E-state index in [0.29, 0.717) is 16.8 Å². The van der Waals surface area contributed by atoms with Crippen molar-refractivity contribution in [1.82, 2.24) is 0 Å². The molecule has 2 aromatic rings. The first-order chi connectivity index (χ1) is 12.0. The second-order valence-electron chi connectivity index (χ2n) is 5.15. The minimum absolute atomic E-state index is 0.0527. The van der Waals surface area contributed by atoms with Gasteiger partial charge >= 0.3 is 5.97 Å². The lowest BCUT2D eigenvalue weighted by atomic mass is 10.1. The average Bonchev–Trinajstić information content (AvgIpc) is 2.89. The Morgan fingerprint density at radius 3 is 2.32 bits per heavy atom. The van der Waals surface area contributed by atoms with E-state index >= 15 is 0 Å². The SMILES string of the molecule is COC(=O)c1ccc(C=C2SC(=O)N(c3ccc(O)cc3)C2=O)cc1. The highest BCUT2D eigenvalue weighted by atomic mass is 32.2. The number of anilines is 1. The monoisotopic (exact) mass is 355 g/mol. The first-order valence-electron chi connectivity index (χ1n) is 7.25. The summed E-state index contributed by atoms with van der Waals surface area (Å²) < 4.78 is 4.63. The summed E-state index contributed by atoms with van der Waals surface area (Å²) in [6.45, 7) is 0. The number of imide groups is 1. The Hall–Kier alpha value is -3.06. The number of carbonyl (C=O) groups is 3. The highest BCUT2D eigenvalue weighted by Crippen LogP contribution is 2.36. The normalized spacial score (nSPS) is 15.7. The van der Waals surface area contributed by atoms with Crippen molar-refractivity contribution in [3.05, 3.63) is 64.6 Å². The molecule has 1 N–H and O–H groups in total. The fourth-order valence-electron chi connectivity index (χ4n) is 2.28. The molecule has 0 bridgehead atoms. The quantitative estimate of drug-likeness (QED) is 0.671. The summed E-state index contributed by atoms with van der Waals surface area (Å²) >= 11 is 0.835. The third kappa shape index (κ3) is 3.41. The zero-order chi connectivity index (χ0) is 18.0. The molecule has 1 aliphatic rings. The number of rotatable bonds is 3. The van der Waals surface area contributed by atoms with E-state index < -0.39 is 17.1 Å². The van der Waals surface area contributed by atoms with Crippen LogP contribution in [-0.2, 0) is 9.53 Å². The van der Waals surface area contributed by atoms with E-state index in [0.717, 1.165) is 16.7 Å². The van der Waals surface area contributed by atoms with E-state index in [1.807, 2.05) is 0 Å². The van der Waals surface area contributed by atoms with Crippen LogP contribution in [-0.4, -0.2) is 29.3 Å². The second-order valence-corrected chi connectivity index (χ2v) is 6.14. The Morgan fingerprint density at radius 1 is 1.08 bits per heavy atom. The number of phenols is 1. The number of methoxy groups -OCH3 is 1. The largest absolute Gasteiger partial charge is 0.508 e. The molecule has 25 heavy (non-hydrogen) atoms. The summed E-state index contributed by atoms with van der Waals surface area (Å²) in [5.41, 5.74) is 1.48. The molecule has 0 radical (unpaired) electrons. The van der Waals surface area contributed by atoms with Gasteiger partial charge in [0.2, 0.25) is 0 Å². The molecule has 0 spiro atoms. The molecule has 126 valence electrons. The van der Waals surface area contributed by atoms with Gasteiger partial charge in [-0.2, -0.15) is 0 Å². The standard InChI is InChI=1S/C18H13NO5S/c1-24-17(22)12-4-2-11(3-5-12)10-15-16(21)19(18(23)25-15)13-6-8-14(20)9-7-13/h2-10,20H,1H3. The molecule has 0 aromatic heterocycles. The highest BCUT2D eigenvalue weighted by Gasteiger charge is 2.36. The molecule has 1 fully saturated rings. The van der Waals surface area contributed by atoms with Crippen molar-refractivity contribution in [3.63, 3.8) is 0 Å². The molecular weight excluding hydrogens is 342 g/mol. The molecule has 1 saturated heterocycles. The van der Waals surface area contributed by atoms with Crippen LogP contribution in [0.2, 0.25) is 0 Å². The molecular formula is C18H13NO5S. The number of hydrogen-bond acceptors (Lipinski definition) is 6. The van der Waals surface area contributed by atoms with Crippen LogP contribution < -0.4 is 4.90 Å². The second kappa shape index (κ2) is 6.82. The van der Waals surface area contributed by atoms with Crippen molar-refractivity contribution in [2.75, 3.05) is 12.0 Å². The summed E-state index contributed by atoms with van der Waals surface area (Å²) in [5.74, 6) is -0.825. The topological polar surface area (TPSA) is 83.9 Å². The molecule has 1 heterocycles. The number of esters is 1. The van der Waals surface area contributed by atoms with Gasteiger partial charge in [-0.3, -0.25) is 9.59 Å². The lowest BCUT2D eigenvalue weighted by Gasteiger charge is -2.12. The minimum Gasteiger partial charge on any atom is -0.508 e. The van der Waals surface area contributed by atoms with Crippen molar-refractivity contribution in [3.8, 4) is 5.75 Å². The predicted molar refractivity (Wildman–Crippen MR) is 94.3 cm³/mol. The van der Waals surface area contributed by atoms with Crippen LogP contribution in [0.15, 0.2) is 53.4 Å². The van der Waals surface area contributed by atoms with Gasteiger partial charge in [-0.15, -0.1) is 0 Å². The van der Waals surface area contributed by atoms with Gasteiger partial charge in [-0.25, -0.2) is 9.69 Å². The Kier molecular flexibility index (Phi) is 4.58. The molecule has 2 aromatic carbocycles. The summed E-state index contributed by atoms with van der Waals surface area (Å²) in [6.07, 6.45) is 1.59. The van der Waals surface area contributed by atoms with Gasteiger partial charge in [-0.1, -0.05) is 12.1 Å². The van der Waals surface area contributed by atoms with Crippen molar-refractivity contribution < 1.29 is 24.2 Å². The Balaban J connectivity index is 1.85. The molecule has 0 unspecified atom stereocenters. The summed E-state index contributed by atoms with van der Waals surface area (Å²) in [5, 5.41) is 8.91. The number of amides is 2. The van der Waals surface area contributed by atoms with Crippen LogP contribution >= 0.6 is 11.8 Å². The molecule has 2 amide bonds. The maximum absolute atomic E-state index is 12.5. The van der Waals surface area contributed by atoms with Crippen LogP contribution in [0, 0.1) is 0 Å². The minimum atomic E-state index is -0.445. The molecule has 1 aliphatic heterocycles. The number of aromatic hydroxyl groups is 1. The fourth-order valence-corrected chi connectivity index (χ4v) is 3.12. The van der Waals surface area contributed by atoms with Crippen molar-refractivity contribution in [2.24, 2.45) is 0 Å². The average molecular weight is 355 g/mol. The van der Waals surface area contributed by atoms with Gasteiger partial charge in [-0.05, 0) is 59.8 Å². The molecule has 0 saturated carbocycles. The van der Waals surface area contributed by atoms with Crippen LogP contribution in [0.3, 0.4) is 0 Å². The highest BCUT2D eigenvalue weighted by molar-refractivity contribution is 8.19. The maximum atomic E-state index is 12.5. The van der Waals surface area contributed by atoms with Crippen LogP contribution in [0.5, 0.6) is 5.75 Å². The van der Waals surface area contributed by atoms with Gasteiger partial charge in [0.25, 0.3) is 11.1 Å². The van der Waals surface area contributed by atoms with Crippen molar-refractivity contribution in [2.45, 2.75) is 0 Å². The van der Waals surface area contributed by atoms with E-state index in [4.69, 9.17) is 0 Å². The van der Waals surface area contributed by atoms with E-state index in [2.05, 4.69) is 4.74 Å². The molecule has 0 atom stereocenters. The third-order valence-electron chi connectivity index (χ3n) is 3.53. The van der Waals surface area contributed by atoms with Gasteiger partial charge in [0.15, 0.2) is 0 Å². The zero-order valence-electron chi connectivity index (χ0n) is 13.1. The lowest BCUT2D eigenvalue weighted by molar-refractivity contribution is -0.113. The number of ether oxygens (including phenoxy) is 1. The van der Waals surface area contributed by atoms with Crippen molar-refractivity contribution in [1.29, 1.82) is 0 Å². The third-order valence-corrected chi connectivity index (χ3v) is 4.40. The summed E-state index contributed by atoms with van der Waals surface area (Å²) in [4.78, 5) is 37.4. The number of thioether (sulfide) groups is 1. The van der Waals surface area contributed by atoms with Gasteiger partial charge < -0.3 is 9.84 Å². The summed E-state index contributed by atoms with van der Waals surface area (Å²) in [7, 11) is 1.30. The molecule has 7 heteroatoms. The number of hydrogen-bond donors (Lipinski definition) is 1. The number of carbonyl (C=O) groups excluding carboxylic acids is 3. The van der Waals surface area contributed by atoms with E-state index in [1.165, 1.54) is 31.4 Å². The number of phenolic OH excluding ortho intramolecular Hbond substituents is 1. The van der Waals surface area contributed by atoms with Crippen LogP contribution in [0.1, 0.15) is 15.9 Å². The lowest BCUT2D eigenvalue weighted by Crippen LogP contribution is -2.27. The molecule has 0 aliphatic carbocycles. The van der Waals surface area contributed by atoms with E-state index in [-0.39, 0.29) is 10.7 Å². The fraction of sp³-hybridized carbons (Fsp3) is 0.0556. The van der Waals surface area contributed by atoms with Crippen LogP contribution in [0.25, 0.3) is 6.08 Å².